The zero-order chi connectivity index (χ0) is 29.9. The average Bonchev–Trinajstić information content (AvgIpc) is 3.60. The lowest BCUT2D eigenvalue weighted by Gasteiger charge is -2.17. The fourth-order valence-corrected chi connectivity index (χ4v) is 5.90. The minimum Gasteiger partial charge on any atom is -0.487 e. The van der Waals surface area contributed by atoms with Crippen LogP contribution in [0.1, 0.15) is 30.6 Å². The number of para-hydroxylation sites is 1. The minimum atomic E-state index is -0.844. The zero-order valence-electron chi connectivity index (χ0n) is 23.9. The maximum absolute atomic E-state index is 12.2. The van der Waals surface area contributed by atoms with E-state index in [1.54, 1.807) is 13.1 Å². The van der Waals surface area contributed by atoms with Crippen LogP contribution in [-0.2, 0) is 27.4 Å². The number of aliphatic carboxylic acids is 1. The number of hydrogen-bond donors (Lipinski definition) is 2. The van der Waals surface area contributed by atoms with Crippen LogP contribution in [0, 0.1) is 0 Å². The number of hydrogen-bond acceptors (Lipinski definition) is 8. The second-order valence-corrected chi connectivity index (χ2v) is 10.7. The Morgan fingerprint density at radius 3 is 2.74 bits per heavy atom. The zero-order valence-corrected chi connectivity index (χ0v) is 23.9. The number of pyridine rings is 1. The van der Waals surface area contributed by atoms with Crippen molar-refractivity contribution in [1.82, 2.24) is 19.7 Å². The van der Waals surface area contributed by atoms with Crippen molar-refractivity contribution in [3.05, 3.63) is 84.2 Å². The van der Waals surface area contributed by atoms with Gasteiger partial charge in [0.05, 0.1) is 36.8 Å². The monoisotopic (exact) mass is 579 g/mol. The Bertz CT molecular complexity index is 1820. The highest BCUT2D eigenvalue weighted by Crippen LogP contribution is 2.35. The summed E-state index contributed by atoms with van der Waals surface area (Å²) in [6.07, 6.45) is 2.60. The van der Waals surface area contributed by atoms with E-state index < -0.39 is 5.97 Å². The molecular formula is C33H33N5O5. The van der Waals surface area contributed by atoms with Crippen molar-refractivity contribution in [3.63, 3.8) is 0 Å². The molecule has 43 heavy (non-hydrogen) atoms. The normalized spacial score (nSPS) is 15.2. The maximum atomic E-state index is 12.2. The Kier molecular flexibility index (Phi) is 7.93. The number of likely N-dealkylation sites (tertiary alicyclic amines) is 1. The molecule has 0 saturated carbocycles. The molecule has 3 heterocycles. The lowest BCUT2D eigenvalue weighted by Crippen LogP contribution is -2.28. The Labute approximate surface area is 248 Å². The van der Waals surface area contributed by atoms with E-state index in [-0.39, 0.29) is 31.6 Å². The summed E-state index contributed by atoms with van der Waals surface area (Å²) < 4.78 is 13.5. The molecule has 3 aromatic carbocycles. The Hall–Kier alpha value is -4.96. The molecule has 0 aliphatic carbocycles. The van der Waals surface area contributed by atoms with Crippen LogP contribution in [0.4, 0.5) is 5.82 Å². The van der Waals surface area contributed by atoms with Gasteiger partial charge in [-0.1, -0.05) is 42.5 Å². The lowest BCUT2D eigenvalue weighted by molar-refractivity contribution is -0.142. The molecule has 1 aliphatic rings. The van der Waals surface area contributed by atoms with Crippen LogP contribution in [0.15, 0.2) is 72.9 Å². The Morgan fingerprint density at radius 2 is 1.91 bits per heavy atom. The number of benzene rings is 3. The van der Waals surface area contributed by atoms with Gasteiger partial charge in [-0.15, -0.1) is 0 Å². The molecule has 1 saturated heterocycles. The summed E-state index contributed by atoms with van der Waals surface area (Å²) in [6, 6.07) is 21.6. The van der Waals surface area contributed by atoms with Crippen molar-refractivity contribution >= 4 is 39.4 Å². The minimum absolute atomic E-state index is 0.00637. The molecular weight excluding hydrogens is 546 g/mol. The number of carboxylic acids is 1. The van der Waals surface area contributed by atoms with E-state index in [1.165, 1.54) is 0 Å². The number of rotatable bonds is 10. The first-order valence-corrected chi connectivity index (χ1v) is 14.4. The molecule has 220 valence electrons. The fraction of sp³-hybridized carbons (Fsp3) is 0.273. The molecule has 3 N–H and O–H groups in total. The van der Waals surface area contributed by atoms with Crippen LogP contribution in [0.3, 0.4) is 0 Å². The van der Waals surface area contributed by atoms with Crippen molar-refractivity contribution in [2.24, 2.45) is 0 Å². The lowest BCUT2D eigenvalue weighted by atomic mass is 9.97. The third kappa shape index (κ3) is 5.87. The molecule has 0 radical (unpaired) electrons. The number of nitrogens with two attached hydrogens (primary N) is 1. The molecule has 1 unspecified atom stereocenters. The summed E-state index contributed by atoms with van der Waals surface area (Å²) in [5.41, 5.74) is 10.7. The van der Waals surface area contributed by atoms with E-state index in [9.17, 15) is 14.7 Å². The van der Waals surface area contributed by atoms with E-state index in [0.29, 0.717) is 31.3 Å². The van der Waals surface area contributed by atoms with E-state index in [1.807, 2.05) is 58.1 Å². The van der Waals surface area contributed by atoms with Crippen LogP contribution in [-0.4, -0.2) is 63.0 Å². The molecule has 0 amide bonds. The number of carbonyl (C=O) groups is 2. The van der Waals surface area contributed by atoms with E-state index >= 15 is 0 Å². The van der Waals surface area contributed by atoms with Gasteiger partial charge in [0.2, 0.25) is 0 Å². The van der Waals surface area contributed by atoms with Crippen molar-refractivity contribution in [2.45, 2.75) is 32.4 Å². The number of esters is 1. The highest BCUT2D eigenvalue weighted by Gasteiger charge is 2.29. The Balaban J connectivity index is 1.40. The average molecular weight is 580 g/mol. The molecule has 1 fully saturated rings. The molecule has 1 atom stereocenters. The number of carbonyl (C=O) groups excluding carboxylic acids is 1. The van der Waals surface area contributed by atoms with Gasteiger partial charge in [0, 0.05) is 35.6 Å². The summed E-state index contributed by atoms with van der Waals surface area (Å²) in [4.78, 5) is 29.8. The third-order valence-corrected chi connectivity index (χ3v) is 7.88. The number of nitrogens with zero attached hydrogens (tertiary/aromatic N) is 4. The smallest absolute Gasteiger partial charge is 0.317 e. The van der Waals surface area contributed by atoms with E-state index in [4.69, 9.17) is 20.3 Å². The van der Waals surface area contributed by atoms with Gasteiger partial charge in [0.15, 0.2) is 0 Å². The summed E-state index contributed by atoms with van der Waals surface area (Å²) >= 11 is 0. The third-order valence-electron chi connectivity index (χ3n) is 7.88. The van der Waals surface area contributed by atoms with Crippen molar-refractivity contribution in [3.8, 4) is 16.9 Å². The largest absolute Gasteiger partial charge is 0.487 e. The molecule has 0 spiro atoms. The molecule has 6 rings (SSSR count). The fourth-order valence-electron chi connectivity index (χ4n) is 5.90. The Morgan fingerprint density at radius 1 is 1.05 bits per heavy atom. The van der Waals surface area contributed by atoms with Crippen molar-refractivity contribution in [2.75, 3.05) is 32.0 Å². The first kappa shape index (κ1) is 28.2. The SMILES string of the molecule is CCOC(=O)Cc1ccccc1OCc1c2cc(-c3cccc4c(N)nccc34)ccc2nn1C1CCN(CC(=O)O)C1. The van der Waals surface area contributed by atoms with Crippen molar-refractivity contribution < 1.29 is 24.2 Å². The van der Waals surface area contributed by atoms with Gasteiger partial charge in [-0.25, -0.2) is 4.98 Å². The molecule has 0 bridgehead atoms. The molecule has 2 aromatic heterocycles. The van der Waals surface area contributed by atoms with Crippen LogP contribution >= 0.6 is 0 Å². The number of carboxylic acid groups (broad SMARTS) is 1. The first-order valence-electron chi connectivity index (χ1n) is 14.4. The summed E-state index contributed by atoms with van der Waals surface area (Å²) in [5.74, 6) is -0.0720. The second kappa shape index (κ2) is 12.1. The van der Waals surface area contributed by atoms with Crippen molar-refractivity contribution in [1.29, 1.82) is 0 Å². The second-order valence-electron chi connectivity index (χ2n) is 10.7. The number of nitrogen functional groups attached to an aromatic ring is 1. The summed E-state index contributed by atoms with van der Waals surface area (Å²) in [7, 11) is 0. The highest BCUT2D eigenvalue weighted by molar-refractivity contribution is 6.02. The topological polar surface area (TPSA) is 133 Å². The van der Waals surface area contributed by atoms with Gasteiger partial charge in [-0.05, 0) is 54.1 Å². The molecule has 5 aromatic rings. The predicted octanol–water partition coefficient (Wildman–Crippen LogP) is 4.85. The van der Waals surface area contributed by atoms with Gasteiger partial charge < -0.3 is 20.3 Å². The highest BCUT2D eigenvalue weighted by atomic mass is 16.5. The molecule has 10 heteroatoms. The van der Waals surface area contributed by atoms with Crippen LogP contribution in [0.25, 0.3) is 32.8 Å². The molecule has 10 nitrogen and oxygen atoms in total. The van der Waals surface area contributed by atoms with Gasteiger partial charge in [-0.2, -0.15) is 5.10 Å². The molecule has 1 aliphatic heterocycles. The summed E-state index contributed by atoms with van der Waals surface area (Å²) in [6.45, 7) is 3.55. The van der Waals surface area contributed by atoms with Gasteiger partial charge in [0.25, 0.3) is 0 Å². The van der Waals surface area contributed by atoms with Crippen LogP contribution in [0.2, 0.25) is 0 Å². The van der Waals surface area contributed by atoms with E-state index in [0.717, 1.165) is 50.5 Å². The number of anilines is 1. The number of ether oxygens (including phenoxy) is 2. The number of fused-ring (bicyclic) bond motifs is 2. The number of aromatic nitrogens is 3. The first-order chi connectivity index (χ1) is 20.9. The van der Waals surface area contributed by atoms with Gasteiger partial charge >= 0.3 is 11.9 Å². The van der Waals surface area contributed by atoms with Gasteiger partial charge in [-0.3, -0.25) is 19.2 Å². The van der Waals surface area contributed by atoms with Gasteiger partial charge in [0.1, 0.15) is 18.2 Å². The van der Waals surface area contributed by atoms with E-state index in [2.05, 4.69) is 23.2 Å². The van der Waals surface area contributed by atoms with Crippen LogP contribution in [0.5, 0.6) is 5.75 Å². The maximum Gasteiger partial charge on any atom is 0.317 e. The summed E-state index contributed by atoms with van der Waals surface area (Å²) in [5, 5.41) is 17.2. The standard InChI is InChI=1S/C33H33N5O5/c1-2-42-32(41)17-22-6-3-4-9-30(22)43-20-29-27-16-21(24-7-5-8-26-25(24)12-14-35-33(26)34)10-11-28(27)36-38(29)23-13-15-37(18-23)19-31(39)40/h3-12,14,16,23H,2,13,15,17-20H2,1H3,(H2,34,35)(H,39,40). The quantitative estimate of drug-likeness (QED) is 0.223. The predicted molar refractivity (Wildman–Crippen MR) is 164 cm³/mol. The van der Waals surface area contributed by atoms with Crippen LogP contribution < -0.4 is 10.5 Å².